The smallest absolute Gasteiger partial charge is 0.294 e. The molecule has 17 heavy (non-hydrogen) atoms. The van der Waals surface area contributed by atoms with Crippen molar-refractivity contribution >= 4 is 10.1 Å². The summed E-state index contributed by atoms with van der Waals surface area (Å²) in [4.78, 5) is -0.0787. The second-order valence-corrected chi connectivity index (χ2v) is 6.55. The van der Waals surface area contributed by atoms with Crippen LogP contribution in [0, 0.1) is 5.41 Å². The first kappa shape index (κ1) is 14.2. The normalized spacial score (nSPS) is 14.6. The van der Waals surface area contributed by atoms with E-state index in [1.807, 2.05) is 7.05 Å². The van der Waals surface area contributed by atoms with Crippen LogP contribution >= 0.6 is 0 Å². The van der Waals surface area contributed by atoms with Gasteiger partial charge in [-0.25, -0.2) is 0 Å². The van der Waals surface area contributed by atoms with Crippen LogP contribution in [0.25, 0.3) is 0 Å². The Morgan fingerprint density at radius 2 is 1.65 bits per heavy atom. The van der Waals surface area contributed by atoms with Gasteiger partial charge in [0.25, 0.3) is 10.1 Å². The maximum atomic E-state index is 10.9. The summed E-state index contributed by atoms with van der Waals surface area (Å²) in [7, 11) is -2.24. The standard InChI is InChI=1S/C12H19NO3S/c1-12(2,3)11(13-4)9-5-7-10(8-6-9)17(14,15)16/h5-8,11,13H,1-4H3,(H,14,15,16). The van der Waals surface area contributed by atoms with Crippen molar-refractivity contribution in [2.24, 2.45) is 5.41 Å². The summed E-state index contributed by atoms with van der Waals surface area (Å²) >= 11 is 0. The Bertz CT molecular complexity index is 471. The van der Waals surface area contributed by atoms with E-state index in [1.54, 1.807) is 12.1 Å². The minimum absolute atomic E-state index is 0.0222. The molecule has 1 rings (SSSR count). The van der Waals surface area contributed by atoms with Gasteiger partial charge in [0.2, 0.25) is 0 Å². The number of nitrogens with one attached hydrogen (secondary N) is 1. The predicted molar refractivity (Wildman–Crippen MR) is 67.5 cm³/mol. The number of rotatable bonds is 3. The van der Waals surface area contributed by atoms with Crippen molar-refractivity contribution in [1.82, 2.24) is 5.32 Å². The zero-order chi connectivity index (χ0) is 13.3. The van der Waals surface area contributed by atoms with Gasteiger partial charge < -0.3 is 5.32 Å². The van der Waals surface area contributed by atoms with E-state index in [1.165, 1.54) is 12.1 Å². The molecule has 1 aromatic rings. The van der Waals surface area contributed by atoms with Crippen LogP contribution in [-0.2, 0) is 10.1 Å². The average Bonchev–Trinajstić information content (AvgIpc) is 2.16. The molecule has 0 aromatic heterocycles. The third-order valence-electron chi connectivity index (χ3n) is 2.67. The summed E-state index contributed by atoms with van der Waals surface area (Å²) in [6.07, 6.45) is 0. The lowest BCUT2D eigenvalue weighted by molar-refractivity contribution is 0.287. The van der Waals surface area contributed by atoms with Crippen molar-refractivity contribution < 1.29 is 13.0 Å². The van der Waals surface area contributed by atoms with Crippen LogP contribution in [0.15, 0.2) is 29.2 Å². The van der Waals surface area contributed by atoms with E-state index in [0.29, 0.717) is 0 Å². The molecule has 0 spiro atoms. The second kappa shape index (κ2) is 4.76. The molecule has 0 saturated carbocycles. The highest BCUT2D eigenvalue weighted by Crippen LogP contribution is 2.32. The number of hydrogen-bond donors (Lipinski definition) is 2. The summed E-state index contributed by atoms with van der Waals surface area (Å²) in [5.74, 6) is 0. The van der Waals surface area contributed by atoms with E-state index in [4.69, 9.17) is 4.55 Å². The molecular weight excluding hydrogens is 238 g/mol. The minimum atomic E-state index is -4.11. The van der Waals surface area contributed by atoms with Crippen molar-refractivity contribution in [3.8, 4) is 0 Å². The molecule has 0 bridgehead atoms. The second-order valence-electron chi connectivity index (χ2n) is 5.13. The third-order valence-corrected chi connectivity index (χ3v) is 3.53. The quantitative estimate of drug-likeness (QED) is 0.815. The lowest BCUT2D eigenvalue weighted by Crippen LogP contribution is -2.29. The Balaban J connectivity index is 3.10. The lowest BCUT2D eigenvalue weighted by Gasteiger charge is -2.30. The lowest BCUT2D eigenvalue weighted by atomic mass is 9.82. The van der Waals surface area contributed by atoms with Crippen molar-refractivity contribution in [2.45, 2.75) is 31.7 Å². The van der Waals surface area contributed by atoms with E-state index < -0.39 is 10.1 Å². The molecule has 4 nitrogen and oxygen atoms in total. The van der Waals surface area contributed by atoms with Gasteiger partial charge >= 0.3 is 0 Å². The summed E-state index contributed by atoms with van der Waals surface area (Å²) in [6.45, 7) is 6.31. The van der Waals surface area contributed by atoms with Crippen molar-refractivity contribution in [2.75, 3.05) is 7.05 Å². The van der Waals surface area contributed by atoms with E-state index in [0.717, 1.165) is 5.56 Å². The number of hydrogen-bond acceptors (Lipinski definition) is 3. The van der Waals surface area contributed by atoms with Crippen LogP contribution in [0.2, 0.25) is 0 Å². The van der Waals surface area contributed by atoms with Gasteiger partial charge in [-0.15, -0.1) is 0 Å². The average molecular weight is 257 g/mol. The molecule has 1 aromatic carbocycles. The van der Waals surface area contributed by atoms with E-state index in [9.17, 15) is 8.42 Å². The first-order chi connectivity index (χ1) is 7.66. The predicted octanol–water partition coefficient (Wildman–Crippen LogP) is 2.24. The first-order valence-corrected chi connectivity index (χ1v) is 6.85. The molecule has 0 aliphatic carbocycles. The molecule has 96 valence electrons. The van der Waals surface area contributed by atoms with E-state index >= 15 is 0 Å². The fourth-order valence-corrected chi connectivity index (χ4v) is 2.41. The topological polar surface area (TPSA) is 66.4 Å². The molecule has 0 amide bonds. The Kier molecular flexibility index (Phi) is 3.96. The molecule has 0 aliphatic heterocycles. The fraction of sp³-hybridized carbons (Fsp3) is 0.500. The van der Waals surface area contributed by atoms with Crippen LogP contribution in [-0.4, -0.2) is 20.0 Å². The Morgan fingerprint density at radius 1 is 1.18 bits per heavy atom. The van der Waals surface area contributed by atoms with Crippen LogP contribution in [0.4, 0.5) is 0 Å². The summed E-state index contributed by atoms with van der Waals surface area (Å²) in [5.41, 5.74) is 1.02. The highest BCUT2D eigenvalue weighted by Gasteiger charge is 2.24. The summed E-state index contributed by atoms with van der Waals surface area (Å²) in [5, 5.41) is 3.20. The maximum absolute atomic E-state index is 10.9. The third kappa shape index (κ3) is 3.52. The zero-order valence-corrected chi connectivity index (χ0v) is 11.4. The molecule has 0 saturated heterocycles. The van der Waals surface area contributed by atoms with Crippen LogP contribution in [0.1, 0.15) is 32.4 Å². The van der Waals surface area contributed by atoms with Gasteiger partial charge in [0.05, 0.1) is 4.90 Å². The minimum Gasteiger partial charge on any atom is -0.313 e. The molecule has 0 heterocycles. The fourth-order valence-electron chi connectivity index (χ4n) is 1.93. The SMILES string of the molecule is CNC(c1ccc(S(=O)(=O)O)cc1)C(C)(C)C. The molecule has 5 heteroatoms. The van der Waals surface area contributed by atoms with Crippen LogP contribution in [0.5, 0.6) is 0 Å². The molecule has 2 N–H and O–H groups in total. The molecule has 0 fully saturated rings. The molecule has 0 radical (unpaired) electrons. The van der Waals surface area contributed by atoms with Gasteiger partial charge in [0, 0.05) is 6.04 Å². The van der Waals surface area contributed by atoms with Gasteiger partial charge in [-0.2, -0.15) is 8.42 Å². The van der Waals surface area contributed by atoms with Gasteiger partial charge in [-0.05, 0) is 30.2 Å². The van der Waals surface area contributed by atoms with Gasteiger partial charge in [-0.1, -0.05) is 32.9 Å². The zero-order valence-electron chi connectivity index (χ0n) is 10.6. The van der Waals surface area contributed by atoms with Crippen LogP contribution in [0.3, 0.4) is 0 Å². The first-order valence-electron chi connectivity index (χ1n) is 5.41. The maximum Gasteiger partial charge on any atom is 0.294 e. The Hall–Kier alpha value is -0.910. The molecular formula is C12H19NO3S. The Labute approximate surface area is 103 Å². The van der Waals surface area contributed by atoms with Crippen molar-refractivity contribution in [3.63, 3.8) is 0 Å². The molecule has 0 aliphatic rings. The molecule has 1 unspecified atom stereocenters. The molecule has 1 atom stereocenters. The monoisotopic (exact) mass is 257 g/mol. The van der Waals surface area contributed by atoms with Gasteiger partial charge in [0.1, 0.15) is 0 Å². The highest BCUT2D eigenvalue weighted by molar-refractivity contribution is 7.85. The summed E-state index contributed by atoms with van der Waals surface area (Å²) < 4.78 is 30.7. The van der Waals surface area contributed by atoms with Gasteiger partial charge in [0.15, 0.2) is 0 Å². The highest BCUT2D eigenvalue weighted by atomic mass is 32.2. The van der Waals surface area contributed by atoms with Gasteiger partial charge in [-0.3, -0.25) is 4.55 Å². The van der Waals surface area contributed by atoms with E-state index in [-0.39, 0.29) is 16.4 Å². The Morgan fingerprint density at radius 3 is 1.94 bits per heavy atom. The van der Waals surface area contributed by atoms with E-state index in [2.05, 4.69) is 26.1 Å². The largest absolute Gasteiger partial charge is 0.313 e. The number of benzene rings is 1. The summed E-state index contributed by atoms with van der Waals surface area (Å²) in [6, 6.07) is 6.39. The van der Waals surface area contributed by atoms with Crippen molar-refractivity contribution in [3.05, 3.63) is 29.8 Å². The van der Waals surface area contributed by atoms with Crippen molar-refractivity contribution in [1.29, 1.82) is 0 Å². The van der Waals surface area contributed by atoms with Crippen LogP contribution < -0.4 is 5.32 Å².